The summed E-state index contributed by atoms with van der Waals surface area (Å²) in [6, 6.07) is 9.05. The standard InChI is InChI=1S/C27H42N4O3/c1-4-5-8-20-34-26(33)30-16-9-10-22(13-17-30)29-18-14-27(15-19-29)21-31(25(32)28(2)3)24-12-7-6-11-23(24)27/h6-7,11-12,22H,4-5,8-10,13-21H2,1-3H3. The summed E-state index contributed by atoms with van der Waals surface area (Å²) in [6.45, 7) is 7.15. The second-order valence-electron chi connectivity index (χ2n) is 10.5. The quantitative estimate of drug-likeness (QED) is 0.585. The number of carbonyl (C=O) groups is 2. The summed E-state index contributed by atoms with van der Waals surface area (Å²) in [5.41, 5.74) is 2.47. The van der Waals surface area contributed by atoms with Crippen LogP contribution in [0.2, 0.25) is 0 Å². The fourth-order valence-electron chi connectivity index (χ4n) is 6.02. The molecule has 0 radical (unpaired) electrons. The number of benzene rings is 1. The lowest BCUT2D eigenvalue weighted by Gasteiger charge is -2.43. The highest BCUT2D eigenvalue weighted by Crippen LogP contribution is 2.47. The van der Waals surface area contributed by atoms with Crippen molar-refractivity contribution < 1.29 is 14.3 Å². The fraction of sp³-hybridized carbons (Fsp3) is 0.704. The van der Waals surface area contributed by atoms with E-state index in [-0.39, 0.29) is 17.5 Å². The number of carbonyl (C=O) groups excluding carboxylic acids is 2. The molecule has 2 saturated heterocycles. The van der Waals surface area contributed by atoms with Gasteiger partial charge in [0.1, 0.15) is 0 Å². The van der Waals surface area contributed by atoms with Crippen LogP contribution < -0.4 is 4.90 Å². The highest BCUT2D eigenvalue weighted by molar-refractivity contribution is 5.95. The van der Waals surface area contributed by atoms with Crippen LogP contribution in [0.1, 0.15) is 63.9 Å². The zero-order chi connectivity index (χ0) is 24.1. The molecule has 7 nitrogen and oxygen atoms in total. The summed E-state index contributed by atoms with van der Waals surface area (Å²) in [6.07, 6.45) is 8.38. The number of ether oxygens (including phenoxy) is 1. The molecule has 1 aromatic rings. The minimum atomic E-state index is -0.137. The lowest BCUT2D eigenvalue weighted by atomic mass is 9.74. The van der Waals surface area contributed by atoms with E-state index in [1.165, 1.54) is 5.56 Å². The first-order valence-corrected chi connectivity index (χ1v) is 13.2. The Morgan fingerprint density at radius 2 is 1.82 bits per heavy atom. The van der Waals surface area contributed by atoms with E-state index in [0.717, 1.165) is 89.8 Å². The first kappa shape index (κ1) is 24.8. The Hall–Kier alpha value is -2.28. The highest BCUT2D eigenvalue weighted by atomic mass is 16.6. The van der Waals surface area contributed by atoms with Gasteiger partial charge in [0.15, 0.2) is 0 Å². The molecular formula is C27H42N4O3. The van der Waals surface area contributed by atoms with Gasteiger partial charge in [-0.1, -0.05) is 38.0 Å². The van der Waals surface area contributed by atoms with Crippen LogP contribution in [0.3, 0.4) is 0 Å². The molecule has 2 fully saturated rings. The van der Waals surface area contributed by atoms with Gasteiger partial charge in [-0.05, 0) is 63.2 Å². The lowest BCUT2D eigenvalue weighted by molar-refractivity contribution is 0.0956. The minimum Gasteiger partial charge on any atom is -0.449 e. The van der Waals surface area contributed by atoms with Gasteiger partial charge in [-0.3, -0.25) is 4.90 Å². The van der Waals surface area contributed by atoms with E-state index < -0.39 is 0 Å². The van der Waals surface area contributed by atoms with E-state index >= 15 is 0 Å². The lowest BCUT2D eigenvalue weighted by Crippen LogP contribution is -2.50. The molecule has 0 bridgehead atoms. The maximum Gasteiger partial charge on any atom is 0.409 e. The molecular weight excluding hydrogens is 428 g/mol. The van der Waals surface area contributed by atoms with Crippen LogP contribution in [0.4, 0.5) is 15.3 Å². The van der Waals surface area contributed by atoms with E-state index in [4.69, 9.17) is 4.74 Å². The maximum atomic E-state index is 12.9. The van der Waals surface area contributed by atoms with Crippen molar-refractivity contribution in [2.24, 2.45) is 0 Å². The molecule has 4 rings (SSSR count). The maximum absolute atomic E-state index is 12.9. The molecule has 7 heteroatoms. The molecule has 3 aliphatic heterocycles. The Morgan fingerprint density at radius 3 is 2.56 bits per heavy atom. The van der Waals surface area contributed by atoms with Crippen LogP contribution in [0.25, 0.3) is 0 Å². The molecule has 3 aliphatic rings. The SMILES string of the molecule is CCCCCOC(=O)N1CCCC(N2CCC3(CC2)CN(C(=O)N(C)C)c2ccccc23)CC1. The summed E-state index contributed by atoms with van der Waals surface area (Å²) >= 11 is 0. The van der Waals surface area contributed by atoms with Gasteiger partial charge in [-0.2, -0.15) is 0 Å². The summed E-state index contributed by atoms with van der Waals surface area (Å²) in [5, 5.41) is 0. The number of rotatable bonds is 5. The van der Waals surface area contributed by atoms with Gasteiger partial charge in [-0.25, -0.2) is 9.59 Å². The van der Waals surface area contributed by atoms with Crippen LogP contribution in [-0.2, 0) is 10.2 Å². The normalized spacial score (nSPS) is 22.4. The van der Waals surface area contributed by atoms with Crippen LogP contribution in [0.5, 0.6) is 0 Å². The molecule has 3 heterocycles. The zero-order valence-electron chi connectivity index (χ0n) is 21.3. The van der Waals surface area contributed by atoms with Crippen molar-refractivity contribution in [1.29, 1.82) is 0 Å². The number of fused-ring (bicyclic) bond motifs is 2. The van der Waals surface area contributed by atoms with E-state index in [0.29, 0.717) is 12.6 Å². The number of likely N-dealkylation sites (tertiary alicyclic amines) is 2. The largest absolute Gasteiger partial charge is 0.449 e. The van der Waals surface area contributed by atoms with E-state index in [1.807, 2.05) is 30.0 Å². The topological polar surface area (TPSA) is 56.3 Å². The Balaban J connectivity index is 1.33. The second-order valence-corrected chi connectivity index (χ2v) is 10.5. The minimum absolute atomic E-state index is 0.0534. The van der Waals surface area contributed by atoms with Crippen molar-refractivity contribution in [3.63, 3.8) is 0 Å². The Bertz CT molecular complexity index is 850. The second kappa shape index (κ2) is 11.0. The fourth-order valence-corrected chi connectivity index (χ4v) is 6.02. The number of hydrogen-bond donors (Lipinski definition) is 0. The predicted octanol–water partition coefficient (Wildman–Crippen LogP) is 4.70. The number of anilines is 1. The third kappa shape index (κ3) is 5.19. The number of para-hydroxylation sites is 1. The molecule has 0 aromatic heterocycles. The molecule has 0 N–H and O–H groups in total. The van der Waals surface area contributed by atoms with Crippen LogP contribution in [-0.4, -0.2) is 86.3 Å². The Morgan fingerprint density at radius 1 is 1.06 bits per heavy atom. The smallest absolute Gasteiger partial charge is 0.409 e. The number of hydrogen-bond acceptors (Lipinski definition) is 4. The molecule has 1 atom stereocenters. The van der Waals surface area contributed by atoms with E-state index in [1.54, 1.807) is 4.90 Å². The van der Waals surface area contributed by atoms with Gasteiger partial charge >= 0.3 is 12.1 Å². The van der Waals surface area contributed by atoms with Gasteiger partial charge in [0.2, 0.25) is 0 Å². The summed E-state index contributed by atoms with van der Waals surface area (Å²) < 4.78 is 5.50. The third-order valence-electron chi connectivity index (χ3n) is 8.04. The summed E-state index contributed by atoms with van der Waals surface area (Å²) in [7, 11) is 3.66. The Labute approximate surface area is 205 Å². The molecule has 188 valence electrons. The molecule has 1 aromatic carbocycles. The number of amides is 3. The number of nitrogens with zero attached hydrogens (tertiary/aromatic N) is 4. The van der Waals surface area contributed by atoms with Gasteiger partial charge < -0.3 is 19.4 Å². The van der Waals surface area contributed by atoms with Crippen molar-refractivity contribution in [3.8, 4) is 0 Å². The average molecular weight is 471 g/mol. The first-order valence-electron chi connectivity index (χ1n) is 13.2. The van der Waals surface area contributed by atoms with Crippen molar-refractivity contribution >= 4 is 17.8 Å². The van der Waals surface area contributed by atoms with Crippen molar-refractivity contribution in [2.75, 3.05) is 58.3 Å². The van der Waals surface area contributed by atoms with Crippen LogP contribution in [0, 0.1) is 0 Å². The summed E-state index contributed by atoms with van der Waals surface area (Å²) in [4.78, 5) is 33.5. The van der Waals surface area contributed by atoms with Crippen molar-refractivity contribution in [3.05, 3.63) is 29.8 Å². The van der Waals surface area contributed by atoms with E-state index in [2.05, 4.69) is 30.0 Å². The van der Waals surface area contributed by atoms with Gasteiger partial charge in [-0.15, -0.1) is 0 Å². The molecule has 1 spiro atoms. The van der Waals surface area contributed by atoms with E-state index in [9.17, 15) is 9.59 Å². The predicted molar refractivity (Wildman–Crippen MR) is 135 cm³/mol. The van der Waals surface area contributed by atoms with Crippen LogP contribution >= 0.6 is 0 Å². The number of piperidine rings is 1. The van der Waals surface area contributed by atoms with Crippen molar-refractivity contribution in [2.45, 2.75) is 69.7 Å². The molecule has 0 aliphatic carbocycles. The number of unbranched alkanes of at least 4 members (excludes halogenated alkanes) is 2. The average Bonchev–Trinajstić information content (AvgIpc) is 2.99. The monoisotopic (exact) mass is 470 g/mol. The van der Waals surface area contributed by atoms with Crippen molar-refractivity contribution in [1.82, 2.24) is 14.7 Å². The molecule has 34 heavy (non-hydrogen) atoms. The molecule has 3 amide bonds. The molecule has 0 saturated carbocycles. The van der Waals surface area contributed by atoms with Gasteiger partial charge in [0.05, 0.1) is 6.61 Å². The third-order valence-corrected chi connectivity index (χ3v) is 8.04. The van der Waals surface area contributed by atoms with Crippen LogP contribution in [0.15, 0.2) is 24.3 Å². The van der Waals surface area contributed by atoms with Gasteiger partial charge in [0, 0.05) is 50.9 Å². The molecule has 1 unspecified atom stereocenters. The summed E-state index contributed by atoms with van der Waals surface area (Å²) in [5.74, 6) is 0. The first-order chi connectivity index (χ1) is 16.4. The zero-order valence-corrected chi connectivity index (χ0v) is 21.3. The Kier molecular flexibility index (Phi) is 8.02. The highest BCUT2D eigenvalue weighted by Gasteiger charge is 2.47. The number of urea groups is 1. The van der Waals surface area contributed by atoms with Gasteiger partial charge in [0.25, 0.3) is 0 Å².